The number of aliphatic imine (C=N–C) groups is 1. The number of hydrogen-bond acceptors (Lipinski definition) is 3. The first-order valence-corrected chi connectivity index (χ1v) is 6.55. The summed E-state index contributed by atoms with van der Waals surface area (Å²) < 4.78 is 37.9. The maximum Gasteiger partial charge on any atom is 0.416 e. The van der Waals surface area contributed by atoms with Crippen LogP contribution in [-0.4, -0.2) is 29.7 Å². The minimum absolute atomic E-state index is 0.0614. The Morgan fingerprint density at radius 2 is 2.17 bits per heavy atom. The fraction of sp³-hybridized carbons (Fsp3) is 0.417. The second kappa shape index (κ2) is 4.19. The van der Waals surface area contributed by atoms with E-state index in [1.807, 2.05) is 0 Å². The second-order valence-corrected chi connectivity index (χ2v) is 5.51. The number of halogens is 3. The average molecular weight is 272 g/mol. The predicted molar refractivity (Wildman–Crippen MR) is 65.7 cm³/mol. The monoisotopic (exact) mass is 272 g/mol. The molecule has 2 nitrogen and oxygen atoms in total. The molecule has 2 aliphatic heterocycles. The molecule has 2 aliphatic rings. The van der Waals surface area contributed by atoms with Gasteiger partial charge in [-0.05, 0) is 11.6 Å². The number of nitrogens with zero attached hydrogens (tertiary/aromatic N) is 2. The first kappa shape index (κ1) is 11.9. The van der Waals surface area contributed by atoms with Gasteiger partial charge in [0.2, 0.25) is 0 Å². The minimum Gasteiger partial charge on any atom is -0.348 e. The molecule has 1 fully saturated rings. The molecule has 1 atom stereocenters. The molecule has 0 spiro atoms. The van der Waals surface area contributed by atoms with Crippen molar-refractivity contribution in [2.24, 2.45) is 4.99 Å². The van der Waals surface area contributed by atoms with Gasteiger partial charge in [0.25, 0.3) is 0 Å². The van der Waals surface area contributed by atoms with E-state index in [1.165, 1.54) is 12.1 Å². The number of benzene rings is 1. The zero-order chi connectivity index (χ0) is 12.8. The van der Waals surface area contributed by atoms with E-state index in [-0.39, 0.29) is 5.25 Å². The highest BCUT2D eigenvalue weighted by Gasteiger charge is 2.34. The molecule has 0 bridgehead atoms. The van der Waals surface area contributed by atoms with Crippen molar-refractivity contribution < 1.29 is 13.2 Å². The lowest BCUT2D eigenvalue weighted by molar-refractivity contribution is -0.137. The fourth-order valence-corrected chi connectivity index (χ4v) is 3.47. The first-order chi connectivity index (χ1) is 8.54. The Bertz CT molecular complexity index is 498. The summed E-state index contributed by atoms with van der Waals surface area (Å²) in [6, 6.07) is 5.60. The van der Waals surface area contributed by atoms with Gasteiger partial charge in [-0.3, -0.25) is 4.99 Å². The Hall–Kier alpha value is -1.17. The molecule has 1 aromatic carbocycles. The minimum atomic E-state index is -4.27. The Labute approximate surface area is 107 Å². The molecule has 1 saturated heterocycles. The van der Waals surface area contributed by atoms with Gasteiger partial charge in [0.05, 0.1) is 17.4 Å². The van der Waals surface area contributed by atoms with Crippen molar-refractivity contribution >= 4 is 16.9 Å². The third-order valence-corrected chi connectivity index (χ3v) is 4.41. The number of rotatable bonds is 1. The molecular weight excluding hydrogens is 261 g/mol. The predicted octanol–water partition coefficient (Wildman–Crippen LogP) is 3.16. The number of hydrogen-bond donors (Lipinski definition) is 0. The van der Waals surface area contributed by atoms with E-state index in [9.17, 15) is 13.2 Å². The molecule has 3 rings (SSSR count). The van der Waals surface area contributed by atoms with Crippen LogP contribution in [0.2, 0.25) is 0 Å². The highest BCUT2D eigenvalue weighted by atomic mass is 32.2. The molecular formula is C12H11F3N2S. The number of thioether (sulfide) groups is 1. The second-order valence-electron chi connectivity index (χ2n) is 4.34. The van der Waals surface area contributed by atoms with E-state index < -0.39 is 11.7 Å². The van der Waals surface area contributed by atoms with Gasteiger partial charge in [0.1, 0.15) is 0 Å². The van der Waals surface area contributed by atoms with Gasteiger partial charge in [0.15, 0.2) is 5.17 Å². The Morgan fingerprint density at radius 1 is 1.33 bits per heavy atom. The summed E-state index contributed by atoms with van der Waals surface area (Å²) in [5.41, 5.74) is 0.154. The van der Waals surface area contributed by atoms with Crippen LogP contribution in [0.3, 0.4) is 0 Å². The topological polar surface area (TPSA) is 15.6 Å². The van der Waals surface area contributed by atoms with Crippen LogP contribution in [0, 0.1) is 0 Å². The van der Waals surface area contributed by atoms with E-state index in [0.717, 1.165) is 36.4 Å². The van der Waals surface area contributed by atoms with Crippen LogP contribution in [0.5, 0.6) is 0 Å². The molecule has 0 amide bonds. The zero-order valence-electron chi connectivity index (χ0n) is 9.44. The van der Waals surface area contributed by atoms with Crippen LogP contribution in [0.4, 0.5) is 13.2 Å². The lowest BCUT2D eigenvalue weighted by Crippen LogP contribution is -2.21. The lowest BCUT2D eigenvalue weighted by atomic mass is 10.1. The third-order valence-electron chi connectivity index (χ3n) is 3.11. The largest absolute Gasteiger partial charge is 0.416 e. The summed E-state index contributed by atoms with van der Waals surface area (Å²) in [6.07, 6.45) is -4.27. The molecule has 0 saturated carbocycles. The van der Waals surface area contributed by atoms with Crippen LogP contribution in [-0.2, 0) is 6.18 Å². The SMILES string of the molecule is FC(F)(F)c1cccc(C2CN3CCN=C3S2)c1. The smallest absolute Gasteiger partial charge is 0.348 e. The summed E-state index contributed by atoms with van der Waals surface area (Å²) in [6.45, 7) is 2.44. The number of alkyl halides is 3. The normalized spacial score (nSPS) is 23.2. The molecule has 1 unspecified atom stereocenters. The Morgan fingerprint density at radius 3 is 2.89 bits per heavy atom. The van der Waals surface area contributed by atoms with Gasteiger partial charge in [-0.15, -0.1) is 0 Å². The molecule has 96 valence electrons. The van der Waals surface area contributed by atoms with Crippen LogP contribution < -0.4 is 0 Å². The van der Waals surface area contributed by atoms with Gasteiger partial charge >= 0.3 is 6.18 Å². The summed E-state index contributed by atoms with van der Waals surface area (Å²) in [5.74, 6) is 0. The highest BCUT2D eigenvalue weighted by molar-refractivity contribution is 8.14. The molecule has 0 radical (unpaired) electrons. The van der Waals surface area contributed by atoms with Crippen LogP contribution in [0.1, 0.15) is 16.4 Å². The molecule has 2 heterocycles. The van der Waals surface area contributed by atoms with E-state index in [4.69, 9.17) is 0 Å². The maximum atomic E-state index is 12.6. The molecule has 0 aliphatic carbocycles. The highest BCUT2D eigenvalue weighted by Crippen LogP contribution is 2.41. The van der Waals surface area contributed by atoms with E-state index in [0.29, 0.717) is 0 Å². The molecule has 18 heavy (non-hydrogen) atoms. The summed E-state index contributed by atoms with van der Waals surface area (Å²) >= 11 is 1.56. The van der Waals surface area contributed by atoms with Crippen LogP contribution in [0.15, 0.2) is 29.3 Å². The Kier molecular flexibility index (Phi) is 2.77. The average Bonchev–Trinajstić information content (AvgIpc) is 2.88. The van der Waals surface area contributed by atoms with Gasteiger partial charge in [-0.2, -0.15) is 13.2 Å². The van der Waals surface area contributed by atoms with Crippen molar-refractivity contribution in [1.29, 1.82) is 0 Å². The van der Waals surface area contributed by atoms with Gasteiger partial charge in [-0.1, -0.05) is 30.0 Å². The molecule has 6 heteroatoms. The fourth-order valence-electron chi connectivity index (χ4n) is 2.20. The summed E-state index contributed by atoms with van der Waals surface area (Å²) in [7, 11) is 0. The van der Waals surface area contributed by atoms with Gasteiger partial charge in [0, 0.05) is 13.1 Å². The van der Waals surface area contributed by atoms with Crippen molar-refractivity contribution in [2.75, 3.05) is 19.6 Å². The number of fused-ring (bicyclic) bond motifs is 1. The Balaban J connectivity index is 1.85. The maximum absolute atomic E-state index is 12.6. The van der Waals surface area contributed by atoms with Crippen molar-refractivity contribution in [3.05, 3.63) is 35.4 Å². The standard InChI is InChI=1S/C12H11F3N2S/c13-12(14,15)9-3-1-2-8(6-9)10-7-17-5-4-16-11(17)18-10/h1-3,6,10H,4-5,7H2. The third kappa shape index (κ3) is 2.09. The van der Waals surface area contributed by atoms with Crippen molar-refractivity contribution in [3.63, 3.8) is 0 Å². The summed E-state index contributed by atoms with van der Waals surface area (Å²) in [4.78, 5) is 6.46. The van der Waals surface area contributed by atoms with Crippen LogP contribution in [0.25, 0.3) is 0 Å². The van der Waals surface area contributed by atoms with E-state index in [1.54, 1.807) is 17.8 Å². The van der Waals surface area contributed by atoms with Gasteiger partial charge < -0.3 is 4.90 Å². The number of amidine groups is 1. The lowest BCUT2D eigenvalue weighted by Gasteiger charge is -2.13. The van der Waals surface area contributed by atoms with Crippen LogP contribution >= 0.6 is 11.8 Å². The zero-order valence-corrected chi connectivity index (χ0v) is 10.3. The molecule has 0 aromatic heterocycles. The molecule has 0 N–H and O–H groups in total. The molecule has 1 aromatic rings. The first-order valence-electron chi connectivity index (χ1n) is 5.67. The quantitative estimate of drug-likeness (QED) is 0.780. The summed E-state index contributed by atoms with van der Waals surface area (Å²) in [5, 5.41) is 1.03. The van der Waals surface area contributed by atoms with E-state index in [2.05, 4.69) is 9.89 Å². The van der Waals surface area contributed by atoms with Crippen molar-refractivity contribution in [3.8, 4) is 0 Å². The van der Waals surface area contributed by atoms with Gasteiger partial charge in [-0.25, -0.2) is 0 Å². The van der Waals surface area contributed by atoms with E-state index >= 15 is 0 Å². The van der Waals surface area contributed by atoms with Crippen molar-refractivity contribution in [2.45, 2.75) is 11.4 Å². The van der Waals surface area contributed by atoms with Crippen molar-refractivity contribution in [1.82, 2.24) is 4.90 Å².